The Labute approximate surface area is 148 Å². The summed E-state index contributed by atoms with van der Waals surface area (Å²) in [5, 5.41) is 21.2. The third kappa shape index (κ3) is 3.79. The molecule has 3 rings (SSSR count). The molecule has 138 valence electrons. The van der Waals surface area contributed by atoms with Crippen molar-refractivity contribution in [3.63, 3.8) is 0 Å². The summed E-state index contributed by atoms with van der Waals surface area (Å²) in [5.41, 5.74) is 2.70. The SMILES string of the molecule is C=CCOCc1cc([C@H](O)C2OC3OC(C)(C)O[C@H]3[C@@H]2O)ccc1C. The maximum atomic E-state index is 10.7. The molecule has 2 aliphatic heterocycles. The Morgan fingerprint density at radius 2 is 2.12 bits per heavy atom. The number of aliphatic hydroxyl groups excluding tert-OH is 2. The predicted molar refractivity (Wildman–Crippen MR) is 90.7 cm³/mol. The number of aliphatic hydroxyl groups is 2. The van der Waals surface area contributed by atoms with E-state index in [1.807, 2.05) is 25.1 Å². The molecule has 2 heterocycles. The van der Waals surface area contributed by atoms with Crippen LogP contribution in [-0.2, 0) is 25.6 Å². The van der Waals surface area contributed by atoms with Gasteiger partial charge in [0.05, 0.1) is 13.2 Å². The van der Waals surface area contributed by atoms with Crippen molar-refractivity contribution in [2.24, 2.45) is 0 Å². The van der Waals surface area contributed by atoms with Crippen molar-refractivity contribution in [3.05, 3.63) is 47.5 Å². The molecule has 25 heavy (non-hydrogen) atoms. The van der Waals surface area contributed by atoms with Gasteiger partial charge in [0, 0.05) is 0 Å². The van der Waals surface area contributed by atoms with Crippen molar-refractivity contribution in [2.45, 2.75) is 63.9 Å². The van der Waals surface area contributed by atoms with Gasteiger partial charge in [-0.2, -0.15) is 0 Å². The van der Waals surface area contributed by atoms with E-state index in [4.69, 9.17) is 18.9 Å². The van der Waals surface area contributed by atoms with Crippen LogP contribution >= 0.6 is 0 Å². The minimum Gasteiger partial charge on any atom is -0.387 e. The van der Waals surface area contributed by atoms with Crippen molar-refractivity contribution in [1.82, 2.24) is 0 Å². The van der Waals surface area contributed by atoms with Crippen LogP contribution in [0.25, 0.3) is 0 Å². The monoisotopic (exact) mass is 350 g/mol. The third-order valence-corrected chi connectivity index (χ3v) is 4.57. The minimum atomic E-state index is -0.991. The largest absolute Gasteiger partial charge is 0.387 e. The zero-order valence-corrected chi connectivity index (χ0v) is 14.8. The number of aryl methyl sites for hydroxylation is 1. The van der Waals surface area contributed by atoms with E-state index in [0.29, 0.717) is 18.8 Å². The second kappa shape index (κ2) is 7.15. The summed E-state index contributed by atoms with van der Waals surface area (Å²) in [5.74, 6) is -0.800. The van der Waals surface area contributed by atoms with Crippen molar-refractivity contribution < 1.29 is 29.2 Å². The summed E-state index contributed by atoms with van der Waals surface area (Å²) in [6.45, 7) is 10.0. The lowest BCUT2D eigenvalue weighted by molar-refractivity contribution is -0.226. The van der Waals surface area contributed by atoms with E-state index in [2.05, 4.69) is 6.58 Å². The van der Waals surface area contributed by atoms with Gasteiger partial charge in [-0.15, -0.1) is 6.58 Å². The molecule has 0 bridgehead atoms. The Morgan fingerprint density at radius 3 is 2.80 bits per heavy atom. The first-order valence-corrected chi connectivity index (χ1v) is 8.47. The van der Waals surface area contributed by atoms with Crippen LogP contribution in [-0.4, -0.2) is 47.2 Å². The first kappa shape index (κ1) is 18.5. The highest BCUT2D eigenvalue weighted by Crippen LogP contribution is 2.41. The molecule has 5 atom stereocenters. The molecule has 2 N–H and O–H groups in total. The van der Waals surface area contributed by atoms with E-state index in [9.17, 15) is 10.2 Å². The second-order valence-electron chi connectivity index (χ2n) is 6.99. The average molecular weight is 350 g/mol. The van der Waals surface area contributed by atoms with Crippen molar-refractivity contribution in [2.75, 3.05) is 6.61 Å². The van der Waals surface area contributed by atoms with Gasteiger partial charge in [0.2, 0.25) is 0 Å². The molecule has 0 aliphatic carbocycles. The minimum absolute atomic E-state index is 0.429. The van der Waals surface area contributed by atoms with Gasteiger partial charge in [-0.1, -0.05) is 24.3 Å². The quantitative estimate of drug-likeness (QED) is 0.603. The molecular formula is C19H26O6. The summed E-state index contributed by atoms with van der Waals surface area (Å²) in [6.07, 6.45) is -2.35. The van der Waals surface area contributed by atoms with Gasteiger partial charge in [0.1, 0.15) is 24.4 Å². The molecule has 1 aromatic carbocycles. The molecule has 6 heteroatoms. The van der Waals surface area contributed by atoms with Gasteiger partial charge in [-0.05, 0) is 37.5 Å². The topological polar surface area (TPSA) is 77.4 Å². The Morgan fingerprint density at radius 1 is 1.36 bits per heavy atom. The number of fused-ring (bicyclic) bond motifs is 1. The predicted octanol–water partition coefficient (Wildman–Crippen LogP) is 1.97. The fourth-order valence-corrected chi connectivity index (χ4v) is 3.25. The Kier molecular flexibility index (Phi) is 5.29. The summed E-state index contributed by atoms with van der Waals surface area (Å²) in [6, 6.07) is 5.62. The van der Waals surface area contributed by atoms with Gasteiger partial charge < -0.3 is 29.2 Å². The maximum Gasteiger partial charge on any atom is 0.190 e. The van der Waals surface area contributed by atoms with E-state index < -0.39 is 36.5 Å². The molecule has 0 amide bonds. The number of ether oxygens (including phenoxy) is 4. The first-order chi connectivity index (χ1) is 11.8. The highest BCUT2D eigenvalue weighted by Gasteiger charge is 2.56. The number of benzene rings is 1. The molecule has 2 fully saturated rings. The summed E-state index contributed by atoms with van der Waals surface area (Å²) < 4.78 is 22.5. The molecule has 6 nitrogen and oxygen atoms in total. The van der Waals surface area contributed by atoms with Crippen molar-refractivity contribution in [1.29, 1.82) is 0 Å². The molecule has 0 radical (unpaired) electrons. The molecule has 2 aliphatic rings. The fourth-order valence-electron chi connectivity index (χ4n) is 3.25. The average Bonchev–Trinajstić information content (AvgIpc) is 3.02. The zero-order valence-electron chi connectivity index (χ0n) is 14.8. The van der Waals surface area contributed by atoms with Gasteiger partial charge in [-0.25, -0.2) is 0 Å². The lowest BCUT2D eigenvalue weighted by Crippen LogP contribution is -2.37. The van der Waals surface area contributed by atoms with Crippen molar-refractivity contribution >= 4 is 0 Å². The van der Waals surface area contributed by atoms with Crippen LogP contribution in [0.4, 0.5) is 0 Å². The molecule has 2 unspecified atom stereocenters. The van der Waals surface area contributed by atoms with E-state index in [1.54, 1.807) is 19.9 Å². The van der Waals surface area contributed by atoms with Crippen LogP contribution in [0.2, 0.25) is 0 Å². The normalized spacial score (nSPS) is 31.7. The fraction of sp³-hybridized carbons (Fsp3) is 0.579. The highest BCUT2D eigenvalue weighted by molar-refractivity contribution is 5.32. The standard InChI is InChI=1S/C19H26O6/c1-5-8-22-10-13-9-12(7-6-11(13)2)14(20)16-15(21)17-18(23-16)25-19(3,4)24-17/h5-7,9,14-18,20-21H,1,8,10H2,2-4H3/t14-,15+,16?,17-,18?/m0/s1. The molecule has 0 aromatic heterocycles. The van der Waals surface area contributed by atoms with E-state index in [1.165, 1.54) is 0 Å². The maximum absolute atomic E-state index is 10.7. The summed E-state index contributed by atoms with van der Waals surface area (Å²) in [4.78, 5) is 0. The van der Waals surface area contributed by atoms with Gasteiger partial charge in [0.15, 0.2) is 12.1 Å². The Bertz CT molecular complexity index is 628. The second-order valence-corrected chi connectivity index (χ2v) is 6.99. The number of hydrogen-bond donors (Lipinski definition) is 2. The lowest BCUT2D eigenvalue weighted by atomic mass is 9.96. The summed E-state index contributed by atoms with van der Waals surface area (Å²) in [7, 11) is 0. The van der Waals surface area contributed by atoms with Crippen molar-refractivity contribution in [3.8, 4) is 0 Å². The Balaban J connectivity index is 1.72. The van der Waals surface area contributed by atoms with E-state index in [-0.39, 0.29) is 0 Å². The first-order valence-electron chi connectivity index (χ1n) is 8.47. The van der Waals surface area contributed by atoms with Crippen LogP contribution in [0.15, 0.2) is 30.9 Å². The van der Waals surface area contributed by atoms with Crippen LogP contribution < -0.4 is 0 Å². The zero-order chi connectivity index (χ0) is 18.2. The van der Waals surface area contributed by atoms with Crippen LogP contribution in [0.5, 0.6) is 0 Å². The molecule has 0 spiro atoms. The molecule has 0 saturated carbocycles. The number of hydrogen-bond acceptors (Lipinski definition) is 6. The third-order valence-electron chi connectivity index (χ3n) is 4.57. The van der Waals surface area contributed by atoms with E-state index in [0.717, 1.165) is 11.1 Å². The summed E-state index contributed by atoms with van der Waals surface area (Å²) >= 11 is 0. The van der Waals surface area contributed by atoms with Gasteiger partial charge in [0.25, 0.3) is 0 Å². The lowest BCUT2D eigenvalue weighted by Gasteiger charge is -2.26. The van der Waals surface area contributed by atoms with Crippen LogP contribution in [0, 0.1) is 6.92 Å². The highest BCUT2D eigenvalue weighted by atomic mass is 16.8. The number of rotatable bonds is 6. The molecule has 2 saturated heterocycles. The van der Waals surface area contributed by atoms with Gasteiger partial charge >= 0.3 is 0 Å². The van der Waals surface area contributed by atoms with Crippen LogP contribution in [0.3, 0.4) is 0 Å². The Hall–Kier alpha value is -1.28. The van der Waals surface area contributed by atoms with Crippen LogP contribution in [0.1, 0.15) is 36.6 Å². The molecular weight excluding hydrogens is 324 g/mol. The van der Waals surface area contributed by atoms with E-state index >= 15 is 0 Å². The molecule has 1 aromatic rings. The smallest absolute Gasteiger partial charge is 0.190 e. The van der Waals surface area contributed by atoms with Gasteiger partial charge in [-0.3, -0.25) is 0 Å².